The van der Waals surface area contributed by atoms with Gasteiger partial charge < -0.3 is 0 Å². The average Bonchev–Trinajstić information content (AvgIpc) is 2.34. The molecule has 0 amide bonds. The van der Waals surface area contributed by atoms with Gasteiger partial charge in [0.2, 0.25) is 15.2 Å². The molecule has 0 aliphatic carbocycles. The number of nitrogens with one attached hydrogen (secondary N) is 1. The maximum Gasteiger partial charge on any atom is 0.208 e. The van der Waals surface area contributed by atoms with Gasteiger partial charge in [-0.1, -0.05) is 0 Å². The van der Waals surface area contributed by atoms with Crippen LogP contribution in [0.15, 0.2) is 5.16 Å². The number of sulfonamides is 1. The van der Waals surface area contributed by atoms with Crippen molar-refractivity contribution < 1.29 is 8.42 Å². The van der Waals surface area contributed by atoms with Crippen LogP contribution in [0.25, 0.3) is 0 Å². The predicted octanol–water partition coefficient (Wildman–Crippen LogP) is -1.49. The summed E-state index contributed by atoms with van der Waals surface area (Å²) >= 11 is 3.94. The summed E-state index contributed by atoms with van der Waals surface area (Å²) in [7, 11) is -3.15. The zero-order valence-corrected chi connectivity index (χ0v) is 8.59. The lowest BCUT2D eigenvalue weighted by Gasteiger charge is -2.01. The molecule has 1 N–H and O–H groups in total. The summed E-state index contributed by atoms with van der Waals surface area (Å²) in [6.45, 7) is 0.607. The molecule has 0 spiro atoms. The van der Waals surface area contributed by atoms with Gasteiger partial charge in [0.25, 0.3) is 0 Å². The van der Waals surface area contributed by atoms with E-state index >= 15 is 0 Å². The zero-order chi connectivity index (χ0) is 9.90. The summed E-state index contributed by atoms with van der Waals surface area (Å²) < 4.78 is 25.0. The molecule has 7 nitrogen and oxygen atoms in total. The Hall–Kier alpha value is -0.670. The van der Waals surface area contributed by atoms with Crippen molar-refractivity contribution in [1.29, 1.82) is 0 Å². The van der Waals surface area contributed by atoms with Crippen LogP contribution in [0.3, 0.4) is 0 Å². The third kappa shape index (κ3) is 3.70. The first kappa shape index (κ1) is 10.4. The Kier molecular flexibility index (Phi) is 3.22. The van der Waals surface area contributed by atoms with E-state index in [9.17, 15) is 8.42 Å². The minimum atomic E-state index is -3.15. The summed E-state index contributed by atoms with van der Waals surface area (Å²) in [6.07, 6.45) is 1.09. The highest BCUT2D eigenvalue weighted by Gasteiger charge is 2.02. The molecule has 0 saturated heterocycles. The summed E-state index contributed by atoms with van der Waals surface area (Å²) in [5.41, 5.74) is 0. The molecule has 0 atom stereocenters. The van der Waals surface area contributed by atoms with Gasteiger partial charge in [0, 0.05) is 6.54 Å². The topological polar surface area (TPSA) is 89.8 Å². The molecule has 1 heterocycles. The Morgan fingerprint density at radius 1 is 1.62 bits per heavy atom. The average molecular weight is 223 g/mol. The molecule has 0 aliphatic heterocycles. The smallest absolute Gasteiger partial charge is 0.208 e. The highest BCUT2D eigenvalue weighted by Crippen LogP contribution is 1.95. The molecule has 9 heteroatoms. The summed E-state index contributed by atoms with van der Waals surface area (Å²) in [5.74, 6) is 0. The molecule has 0 fully saturated rings. The van der Waals surface area contributed by atoms with Crippen molar-refractivity contribution in [3.8, 4) is 0 Å². The van der Waals surface area contributed by atoms with Crippen LogP contribution < -0.4 is 4.72 Å². The Labute approximate surface area is 81.0 Å². The number of hydrogen-bond donors (Lipinski definition) is 2. The normalized spacial score (nSPS) is 11.8. The lowest BCUT2D eigenvalue weighted by atomic mass is 10.7. The molecule has 0 saturated carbocycles. The van der Waals surface area contributed by atoms with Gasteiger partial charge in [-0.05, 0) is 10.4 Å². The third-order valence-electron chi connectivity index (χ3n) is 1.20. The van der Waals surface area contributed by atoms with Crippen molar-refractivity contribution in [3.63, 3.8) is 0 Å². The summed E-state index contributed by atoms with van der Waals surface area (Å²) in [6, 6.07) is 0. The van der Waals surface area contributed by atoms with Gasteiger partial charge in [0.1, 0.15) is 0 Å². The second-order valence-electron chi connectivity index (χ2n) is 2.37. The van der Waals surface area contributed by atoms with Crippen LogP contribution in [0.1, 0.15) is 0 Å². The highest BCUT2D eigenvalue weighted by molar-refractivity contribution is 7.88. The second kappa shape index (κ2) is 4.03. The Morgan fingerprint density at radius 3 is 2.77 bits per heavy atom. The van der Waals surface area contributed by atoms with Gasteiger partial charge in [-0.2, -0.15) is 0 Å². The fourth-order valence-corrected chi connectivity index (χ4v) is 1.32. The van der Waals surface area contributed by atoms with Crippen molar-refractivity contribution >= 4 is 22.7 Å². The van der Waals surface area contributed by atoms with Crippen LogP contribution in [0, 0.1) is 0 Å². The number of rotatable bonds is 4. The first-order valence-corrected chi connectivity index (χ1v) is 5.72. The molecule has 74 valence electrons. The number of nitrogens with zero attached hydrogens (tertiary/aromatic N) is 4. The Morgan fingerprint density at radius 2 is 2.31 bits per heavy atom. The van der Waals surface area contributed by atoms with Crippen molar-refractivity contribution in [2.24, 2.45) is 0 Å². The predicted molar refractivity (Wildman–Crippen MR) is 47.9 cm³/mol. The molecule has 0 bridgehead atoms. The van der Waals surface area contributed by atoms with Gasteiger partial charge in [-0.15, -0.1) is 17.7 Å². The Bertz CT molecular complexity index is 372. The van der Waals surface area contributed by atoms with Gasteiger partial charge in [-0.25, -0.2) is 17.8 Å². The largest absolute Gasteiger partial charge is 0.219 e. The number of thiol groups is 1. The Balaban J connectivity index is 2.41. The molecule has 1 rings (SSSR count). The standard InChI is InChI=1S/C4H9N5O2S2/c1-13(10,11)5-2-3-9-4(12)6-7-8-9/h5H,2-3H2,1H3,(H,6,8,12). The lowest BCUT2D eigenvalue weighted by molar-refractivity contribution is 0.532. The quantitative estimate of drug-likeness (QED) is 0.607. The monoisotopic (exact) mass is 223 g/mol. The summed E-state index contributed by atoms with van der Waals surface area (Å²) in [5, 5.41) is 10.8. The van der Waals surface area contributed by atoms with Gasteiger partial charge in [-0.3, -0.25) is 0 Å². The third-order valence-corrected chi connectivity index (χ3v) is 2.25. The van der Waals surface area contributed by atoms with Crippen molar-refractivity contribution in [2.45, 2.75) is 11.7 Å². The van der Waals surface area contributed by atoms with Crippen LogP contribution in [0.5, 0.6) is 0 Å². The minimum absolute atomic E-state index is 0.247. The number of tetrazole rings is 1. The van der Waals surface area contributed by atoms with Gasteiger partial charge in [0.05, 0.1) is 12.8 Å². The van der Waals surface area contributed by atoms with Crippen molar-refractivity contribution in [2.75, 3.05) is 12.8 Å². The van der Waals surface area contributed by atoms with E-state index < -0.39 is 10.0 Å². The molecular formula is C4H9N5O2S2. The van der Waals surface area contributed by atoms with E-state index in [-0.39, 0.29) is 6.54 Å². The van der Waals surface area contributed by atoms with E-state index in [0.717, 1.165) is 6.26 Å². The van der Waals surface area contributed by atoms with Crippen LogP contribution in [0.2, 0.25) is 0 Å². The van der Waals surface area contributed by atoms with Gasteiger partial charge in [0.15, 0.2) is 0 Å². The summed E-state index contributed by atoms with van der Waals surface area (Å²) in [4.78, 5) is 0. The highest BCUT2D eigenvalue weighted by atomic mass is 32.2. The lowest BCUT2D eigenvalue weighted by Crippen LogP contribution is -2.26. The molecule has 1 aromatic heterocycles. The molecule has 0 aromatic carbocycles. The molecule has 0 unspecified atom stereocenters. The first-order valence-electron chi connectivity index (χ1n) is 3.39. The van der Waals surface area contributed by atoms with Crippen LogP contribution in [0.4, 0.5) is 0 Å². The van der Waals surface area contributed by atoms with Crippen molar-refractivity contribution in [3.05, 3.63) is 0 Å². The second-order valence-corrected chi connectivity index (χ2v) is 4.60. The molecular weight excluding hydrogens is 214 g/mol. The number of hydrogen-bond acceptors (Lipinski definition) is 6. The zero-order valence-electron chi connectivity index (χ0n) is 6.88. The van der Waals surface area contributed by atoms with Crippen LogP contribution in [-0.4, -0.2) is 41.4 Å². The van der Waals surface area contributed by atoms with E-state index in [0.29, 0.717) is 11.7 Å². The van der Waals surface area contributed by atoms with Crippen LogP contribution >= 0.6 is 12.6 Å². The SMILES string of the molecule is CS(=O)(=O)NCCn1nnnc1S. The maximum absolute atomic E-state index is 10.7. The molecule has 0 radical (unpaired) electrons. The molecule has 0 aliphatic rings. The fraction of sp³-hybridized carbons (Fsp3) is 0.750. The number of aromatic nitrogens is 4. The van der Waals surface area contributed by atoms with E-state index in [1.54, 1.807) is 0 Å². The van der Waals surface area contributed by atoms with Gasteiger partial charge >= 0.3 is 0 Å². The van der Waals surface area contributed by atoms with E-state index in [1.807, 2.05) is 0 Å². The molecule has 13 heavy (non-hydrogen) atoms. The van der Waals surface area contributed by atoms with E-state index in [4.69, 9.17) is 0 Å². The maximum atomic E-state index is 10.7. The van der Waals surface area contributed by atoms with E-state index in [2.05, 4.69) is 32.9 Å². The van der Waals surface area contributed by atoms with Crippen molar-refractivity contribution in [1.82, 2.24) is 24.9 Å². The molecule has 1 aromatic rings. The first-order chi connectivity index (χ1) is 5.99. The minimum Gasteiger partial charge on any atom is -0.219 e. The fourth-order valence-electron chi connectivity index (χ4n) is 0.682. The van der Waals surface area contributed by atoms with E-state index in [1.165, 1.54) is 4.68 Å². The van der Waals surface area contributed by atoms with Crippen LogP contribution in [-0.2, 0) is 16.6 Å².